The van der Waals surface area contributed by atoms with E-state index in [0.29, 0.717) is 0 Å². The summed E-state index contributed by atoms with van der Waals surface area (Å²) in [6.45, 7) is 0. The van der Waals surface area contributed by atoms with Gasteiger partial charge in [-0.15, -0.1) is 0 Å². The number of hydrogen-bond acceptors (Lipinski definition) is 6. The van der Waals surface area contributed by atoms with Gasteiger partial charge in [0.05, 0.1) is 0 Å². The molecule has 0 unspecified atom stereocenters. The topological polar surface area (TPSA) is 121 Å². The van der Waals surface area contributed by atoms with Gasteiger partial charge in [0.2, 0.25) is 0 Å². The molecule has 0 aromatic carbocycles. The van der Waals surface area contributed by atoms with Gasteiger partial charge in [-0.3, -0.25) is 0 Å². The quantitative estimate of drug-likeness (QED) is 0.182. The van der Waals surface area contributed by atoms with E-state index in [9.17, 15) is 0 Å². The Kier molecular flexibility index (Phi) is 60.8. The standard InChI is InChI=1S/2H3O3P.3Pd/c2*1-4(2)3;;;/h2*1-3H;;;. The molecular weight excluding hydrogens is 477 g/mol. The summed E-state index contributed by atoms with van der Waals surface area (Å²) in [5.74, 6) is 0. The minimum absolute atomic E-state index is 0. The molecule has 11 heavy (non-hydrogen) atoms. The molecule has 0 radical (unpaired) electrons. The van der Waals surface area contributed by atoms with Gasteiger partial charge >= 0.3 is 17.2 Å². The van der Waals surface area contributed by atoms with Crippen LogP contribution in [-0.4, -0.2) is 29.4 Å². The Labute approximate surface area is 107 Å². The van der Waals surface area contributed by atoms with Crippen LogP contribution >= 0.6 is 17.2 Å². The van der Waals surface area contributed by atoms with E-state index < -0.39 is 17.2 Å². The second-order valence-electron chi connectivity index (χ2n) is 0.537. The van der Waals surface area contributed by atoms with Crippen molar-refractivity contribution in [3.05, 3.63) is 0 Å². The molecular formula is H6O6P2Pd3. The van der Waals surface area contributed by atoms with E-state index >= 15 is 0 Å². The van der Waals surface area contributed by atoms with Crippen molar-refractivity contribution in [2.24, 2.45) is 0 Å². The molecule has 6 N–H and O–H groups in total. The predicted octanol–water partition coefficient (Wildman–Crippen LogP) is -1.63. The van der Waals surface area contributed by atoms with Crippen molar-refractivity contribution in [1.82, 2.24) is 0 Å². The van der Waals surface area contributed by atoms with E-state index in [4.69, 9.17) is 29.4 Å². The minimum Gasteiger partial charge on any atom is -0.328 e. The van der Waals surface area contributed by atoms with Gasteiger partial charge in [0, 0.05) is 61.3 Å². The maximum atomic E-state index is 7.23. The fourth-order valence-electron chi connectivity index (χ4n) is 0. The summed E-state index contributed by atoms with van der Waals surface area (Å²) in [6.07, 6.45) is 0. The van der Waals surface area contributed by atoms with Crippen molar-refractivity contribution in [2.75, 3.05) is 0 Å². The monoisotopic (exact) mass is 482 g/mol. The van der Waals surface area contributed by atoms with Crippen LogP contribution in [0.4, 0.5) is 0 Å². The van der Waals surface area contributed by atoms with Crippen LogP contribution in [0.2, 0.25) is 0 Å². The first-order valence-corrected chi connectivity index (χ1v) is 3.60. The van der Waals surface area contributed by atoms with Gasteiger partial charge < -0.3 is 29.4 Å². The van der Waals surface area contributed by atoms with Crippen molar-refractivity contribution in [3.8, 4) is 0 Å². The minimum atomic E-state index is -2.62. The van der Waals surface area contributed by atoms with Gasteiger partial charge in [-0.05, 0) is 0 Å². The van der Waals surface area contributed by atoms with Crippen LogP contribution in [0, 0.1) is 0 Å². The van der Waals surface area contributed by atoms with Crippen molar-refractivity contribution < 1.29 is 90.6 Å². The first kappa shape index (κ1) is 29.2. The van der Waals surface area contributed by atoms with Crippen LogP contribution in [-0.2, 0) is 61.3 Å². The van der Waals surface area contributed by atoms with Gasteiger partial charge in [-0.1, -0.05) is 0 Å². The van der Waals surface area contributed by atoms with Crippen LogP contribution in [0.25, 0.3) is 0 Å². The molecule has 0 bridgehead atoms. The first-order valence-electron chi connectivity index (χ1n) is 1.20. The maximum absolute atomic E-state index is 7.23. The molecule has 0 aromatic heterocycles. The van der Waals surface area contributed by atoms with Gasteiger partial charge in [0.25, 0.3) is 0 Å². The Morgan fingerprint density at radius 2 is 0.455 bits per heavy atom. The van der Waals surface area contributed by atoms with E-state index in [0.717, 1.165) is 0 Å². The molecule has 0 rings (SSSR count). The smallest absolute Gasteiger partial charge is 0.324 e. The van der Waals surface area contributed by atoms with Crippen molar-refractivity contribution >= 4 is 17.2 Å². The molecule has 0 heterocycles. The molecule has 0 amide bonds. The van der Waals surface area contributed by atoms with E-state index in [-0.39, 0.29) is 61.3 Å². The Morgan fingerprint density at radius 1 is 0.455 bits per heavy atom. The fraction of sp³-hybridized carbons (Fsp3) is 0. The van der Waals surface area contributed by atoms with E-state index in [1.165, 1.54) is 0 Å². The Morgan fingerprint density at radius 3 is 0.455 bits per heavy atom. The average molecular weight is 483 g/mol. The summed E-state index contributed by atoms with van der Waals surface area (Å²) in [6, 6.07) is 0. The van der Waals surface area contributed by atoms with E-state index in [1.807, 2.05) is 0 Å². The molecule has 0 saturated heterocycles. The molecule has 6 nitrogen and oxygen atoms in total. The zero-order valence-corrected chi connectivity index (χ0v) is 11.0. The fourth-order valence-corrected chi connectivity index (χ4v) is 0. The second kappa shape index (κ2) is 22.9. The summed E-state index contributed by atoms with van der Waals surface area (Å²) >= 11 is 0. The summed E-state index contributed by atoms with van der Waals surface area (Å²) in [4.78, 5) is 43.4. The molecule has 0 saturated carbocycles. The Balaban J connectivity index is -0.0000000171. The molecule has 0 aliphatic rings. The SMILES string of the molecule is OP(O)O.OP(O)O.[Pd].[Pd].[Pd]. The Bertz CT molecular complexity index is 31.3. The largest absolute Gasteiger partial charge is 0.328 e. The second-order valence-corrected chi connectivity index (χ2v) is 1.61. The third-order valence-corrected chi connectivity index (χ3v) is 0. The summed E-state index contributed by atoms with van der Waals surface area (Å²) in [5, 5.41) is 0. The van der Waals surface area contributed by atoms with Gasteiger partial charge in [-0.2, -0.15) is 0 Å². The molecule has 0 spiro atoms. The van der Waals surface area contributed by atoms with Gasteiger partial charge in [0.1, 0.15) is 0 Å². The van der Waals surface area contributed by atoms with Gasteiger partial charge in [-0.25, -0.2) is 0 Å². The van der Waals surface area contributed by atoms with Crippen LogP contribution < -0.4 is 0 Å². The molecule has 0 aliphatic carbocycles. The Hall–Kier alpha value is 2.61. The van der Waals surface area contributed by atoms with Crippen LogP contribution in [0.3, 0.4) is 0 Å². The van der Waals surface area contributed by atoms with E-state index in [2.05, 4.69) is 0 Å². The first-order chi connectivity index (χ1) is 3.46. The molecule has 82 valence electrons. The molecule has 0 fully saturated rings. The van der Waals surface area contributed by atoms with Crippen LogP contribution in [0.1, 0.15) is 0 Å². The average Bonchev–Trinajstić information content (AvgIpc) is 1.25. The molecule has 0 aromatic rings. The van der Waals surface area contributed by atoms with E-state index in [1.54, 1.807) is 0 Å². The molecule has 0 atom stereocenters. The maximum Gasteiger partial charge on any atom is 0.324 e. The normalized spacial score (nSPS) is 6.55. The summed E-state index contributed by atoms with van der Waals surface area (Å²) < 4.78 is 0. The zero-order valence-electron chi connectivity index (χ0n) is 4.53. The summed E-state index contributed by atoms with van der Waals surface area (Å²) in [5.41, 5.74) is 0. The van der Waals surface area contributed by atoms with Crippen molar-refractivity contribution in [3.63, 3.8) is 0 Å². The third kappa shape index (κ3) is 209. The molecule has 11 heteroatoms. The van der Waals surface area contributed by atoms with Crippen LogP contribution in [0.15, 0.2) is 0 Å². The third-order valence-electron chi connectivity index (χ3n) is 0. The van der Waals surface area contributed by atoms with Crippen molar-refractivity contribution in [1.29, 1.82) is 0 Å². The van der Waals surface area contributed by atoms with Crippen molar-refractivity contribution in [2.45, 2.75) is 0 Å². The molecule has 0 aliphatic heterocycles. The number of rotatable bonds is 0. The van der Waals surface area contributed by atoms with Crippen LogP contribution in [0.5, 0.6) is 0 Å². The zero-order chi connectivity index (χ0) is 7.15. The number of hydrogen-bond donors (Lipinski definition) is 6. The van der Waals surface area contributed by atoms with Gasteiger partial charge in [0.15, 0.2) is 0 Å². The predicted molar refractivity (Wildman–Crippen MR) is 27.2 cm³/mol. The summed E-state index contributed by atoms with van der Waals surface area (Å²) in [7, 11) is -5.24.